The molecule has 36 heavy (non-hydrogen) atoms. The SMILES string of the molecule is COc1c(O)ccc2c1-c1ccc3c(c1C(=Cc1cccc(SC(F)(F)F)c1)O2)C(C)=CC(C)(C)N3. The number of halogens is 3. The van der Waals surface area contributed by atoms with Gasteiger partial charge in [-0.2, -0.15) is 13.2 Å². The van der Waals surface area contributed by atoms with Crippen LogP contribution in [0, 0.1) is 0 Å². The summed E-state index contributed by atoms with van der Waals surface area (Å²) in [5.41, 5.74) is 0.988. The molecule has 3 aromatic carbocycles. The zero-order chi connectivity index (χ0) is 25.8. The molecule has 2 aliphatic heterocycles. The van der Waals surface area contributed by atoms with Crippen LogP contribution >= 0.6 is 11.8 Å². The van der Waals surface area contributed by atoms with Crippen molar-refractivity contribution in [3.05, 3.63) is 71.3 Å². The summed E-state index contributed by atoms with van der Waals surface area (Å²) in [6, 6.07) is 13.3. The average molecular weight is 512 g/mol. The fourth-order valence-corrected chi connectivity index (χ4v) is 5.51. The van der Waals surface area contributed by atoms with E-state index < -0.39 is 5.51 Å². The van der Waals surface area contributed by atoms with Crippen LogP contribution in [0.4, 0.5) is 18.9 Å². The van der Waals surface area contributed by atoms with E-state index in [1.54, 1.807) is 24.3 Å². The maximum Gasteiger partial charge on any atom is 0.446 e. The highest BCUT2D eigenvalue weighted by Crippen LogP contribution is 2.54. The lowest BCUT2D eigenvalue weighted by Crippen LogP contribution is -2.32. The van der Waals surface area contributed by atoms with Gasteiger partial charge in [-0.05, 0) is 80.1 Å². The summed E-state index contributed by atoms with van der Waals surface area (Å²) in [7, 11) is 1.48. The zero-order valence-electron chi connectivity index (χ0n) is 20.1. The third-order valence-corrected chi connectivity index (χ3v) is 6.78. The number of methoxy groups -OCH3 is 1. The van der Waals surface area contributed by atoms with Gasteiger partial charge in [0, 0.05) is 27.3 Å². The standard InChI is InChI=1S/C28H24F3NO3S/c1-15-14-27(2,3)32-19-9-8-18-24(23(15)19)22(35-21-11-10-20(33)26(34-4)25(18)21)13-16-6-5-7-17(12-16)36-28(29,30)31/h5-14,32-33H,1-4H3. The van der Waals surface area contributed by atoms with Crippen LogP contribution in [0.5, 0.6) is 17.2 Å². The van der Waals surface area contributed by atoms with Gasteiger partial charge in [-0.3, -0.25) is 0 Å². The first kappa shape index (κ1) is 24.2. The molecule has 186 valence electrons. The number of anilines is 1. The normalized spacial score (nSPS) is 16.8. The highest BCUT2D eigenvalue weighted by Gasteiger charge is 2.34. The highest BCUT2D eigenvalue weighted by atomic mass is 32.2. The smallest absolute Gasteiger partial charge is 0.446 e. The Labute approximate surface area is 211 Å². The number of phenolic OH excluding ortho intramolecular Hbond substituents is 1. The molecule has 4 nitrogen and oxygen atoms in total. The van der Waals surface area contributed by atoms with E-state index in [0.29, 0.717) is 28.4 Å². The Morgan fingerprint density at radius 1 is 1.06 bits per heavy atom. The molecular weight excluding hydrogens is 487 g/mol. The van der Waals surface area contributed by atoms with Gasteiger partial charge >= 0.3 is 5.51 Å². The number of allylic oxidation sites excluding steroid dienone is 1. The predicted molar refractivity (Wildman–Crippen MR) is 138 cm³/mol. The highest BCUT2D eigenvalue weighted by molar-refractivity contribution is 8.00. The van der Waals surface area contributed by atoms with Crippen LogP contribution in [0.1, 0.15) is 37.5 Å². The van der Waals surface area contributed by atoms with Gasteiger partial charge in [-0.25, -0.2) is 0 Å². The molecule has 3 aromatic rings. The van der Waals surface area contributed by atoms with Crippen LogP contribution in [0.15, 0.2) is 59.5 Å². The second-order valence-electron chi connectivity index (χ2n) is 9.31. The Morgan fingerprint density at radius 3 is 2.56 bits per heavy atom. The molecule has 0 aliphatic carbocycles. The maximum atomic E-state index is 13.0. The van der Waals surface area contributed by atoms with E-state index in [-0.39, 0.29) is 27.9 Å². The van der Waals surface area contributed by atoms with Crippen LogP contribution < -0.4 is 14.8 Å². The average Bonchev–Trinajstić information content (AvgIpc) is 2.77. The maximum absolute atomic E-state index is 13.0. The lowest BCUT2D eigenvalue weighted by atomic mass is 9.83. The quantitative estimate of drug-likeness (QED) is 0.347. The molecule has 0 saturated carbocycles. The van der Waals surface area contributed by atoms with E-state index >= 15 is 0 Å². The number of rotatable bonds is 3. The summed E-state index contributed by atoms with van der Waals surface area (Å²) in [5, 5.41) is 14.0. The van der Waals surface area contributed by atoms with Gasteiger partial charge in [0.25, 0.3) is 0 Å². The molecule has 0 radical (unpaired) electrons. The van der Waals surface area contributed by atoms with E-state index in [9.17, 15) is 18.3 Å². The van der Waals surface area contributed by atoms with Crippen molar-refractivity contribution in [2.75, 3.05) is 12.4 Å². The molecule has 2 aliphatic rings. The molecule has 0 bridgehead atoms. The third-order valence-electron chi connectivity index (χ3n) is 6.06. The van der Waals surface area contributed by atoms with Crippen LogP contribution in [-0.2, 0) is 0 Å². The molecule has 0 spiro atoms. The molecule has 0 fully saturated rings. The van der Waals surface area contributed by atoms with Crippen LogP contribution in [0.2, 0.25) is 0 Å². The molecule has 2 N–H and O–H groups in total. The van der Waals surface area contributed by atoms with Crippen molar-refractivity contribution in [3.8, 4) is 28.4 Å². The van der Waals surface area contributed by atoms with Crippen molar-refractivity contribution in [2.45, 2.75) is 36.7 Å². The Morgan fingerprint density at radius 2 is 1.83 bits per heavy atom. The zero-order valence-corrected chi connectivity index (χ0v) is 20.9. The number of nitrogens with one attached hydrogen (secondary N) is 1. The summed E-state index contributed by atoms with van der Waals surface area (Å²) in [6.45, 7) is 6.17. The number of hydrogen-bond acceptors (Lipinski definition) is 5. The lowest BCUT2D eigenvalue weighted by molar-refractivity contribution is -0.0328. The first-order valence-corrected chi connectivity index (χ1v) is 12.1. The number of benzene rings is 3. The Kier molecular flexibility index (Phi) is 5.75. The van der Waals surface area contributed by atoms with Crippen LogP contribution in [0.25, 0.3) is 28.5 Å². The van der Waals surface area contributed by atoms with Crippen molar-refractivity contribution in [1.29, 1.82) is 0 Å². The molecule has 0 amide bonds. The summed E-state index contributed by atoms with van der Waals surface area (Å²) in [6.07, 6.45) is 3.87. The van der Waals surface area contributed by atoms with Crippen molar-refractivity contribution in [3.63, 3.8) is 0 Å². The fraction of sp³-hybridized carbons (Fsp3) is 0.214. The number of ether oxygens (including phenoxy) is 2. The van der Waals surface area contributed by atoms with E-state index in [1.807, 2.05) is 19.1 Å². The molecule has 0 saturated heterocycles. The summed E-state index contributed by atoms with van der Waals surface area (Å²) in [5.74, 6) is 1.25. The molecule has 5 rings (SSSR count). The second-order valence-corrected chi connectivity index (χ2v) is 10.4. The van der Waals surface area contributed by atoms with Gasteiger partial charge in [-0.15, -0.1) is 0 Å². The van der Waals surface area contributed by atoms with E-state index in [4.69, 9.17) is 9.47 Å². The largest absolute Gasteiger partial charge is 0.504 e. The van der Waals surface area contributed by atoms with Gasteiger partial charge < -0.3 is 19.9 Å². The summed E-state index contributed by atoms with van der Waals surface area (Å²) < 4.78 is 50.8. The van der Waals surface area contributed by atoms with Crippen molar-refractivity contribution in [2.24, 2.45) is 0 Å². The second kappa shape index (κ2) is 8.55. The molecule has 8 heteroatoms. The minimum atomic E-state index is -4.38. The van der Waals surface area contributed by atoms with Gasteiger partial charge in [0.2, 0.25) is 0 Å². The van der Waals surface area contributed by atoms with Crippen LogP contribution in [-0.4, -0.2) is 23.3 Å². The van der Waals surface area contributed by atoms with E-state index in [1.165, 1.54) is 25.3 Å². The van der Waals surface area contributed by atoms with E-state index in [2.05, 4.69) is 25.2 Å². The number of aromatic hydroxyl groups is 1. The Bertz CT molecular complexity index is 1440. The van der Waals surface area contributed by atoms with Gasteiger partial charge in [-0.1, -0.05) is 24.3 Å². The summed E-state index contributed by atoms with van der Waals surface area (Å²) >= 11 is -0.153. The van der Waals surface area contributed by atoms with Crippen molar-refractivity contribution >= 4 is 34.9 Å². The number of phenols is 1. The van der Waals surface area contributed by atoms with Crippen LogP contribution in [0.3, 0.4) is 0 Å². The molecule has 0 unspecified atom stereocenters. The minimum absolute atomic E-state index is 0.0145. The van der Waals surface area contributed by atoms with Gasteiger partial charge in [0.15, 0.2) is 11.5 Å². The molecule has 0 atom stereocenters. The lowest BCUT2D eigenvalue weighted by Gasteiger charge is -2.35. The Hall–Kier alpha value is -3.52. The number of thioether (sulfide) groups is 1. The van der Waals surface area contributed by atoms with Crippen molar-refractivity contribution < 1.29 is 27.8 Å². The third kappa shape index (κ3) is 4.41. The van der Waals surface area contributed by atoms with Crippen molar-refractivity contribution in [1.82, 2.24) is 0 Å². The predicted octanol–water partition coefficient (Wildman–Crippen LogP) is 8.18. The summed E-state index contributed by atoms with van der Waals surface area (Å²) in [4.78, 5) is 0.0921. The topological polar surface area (TPSA) is 50.7 Å². The number of fused-ring (bicyclic) bond motifs is 5. The molecule has 0 aromatic heterocycles. The number of alkyl halides is 3. The van der Waals surface area contributed by atoms with Gasteiger partial charge in [0.05, 0.1) is 18.2 Å². The van der Waals surface area contributed by atoms with E-state index in [0.717, 1.165) is 28.0 Å². The molecular formula is C28H24F3NO3S. The van der Waals surface area contributed by atoms with Gasteiger partial charge in [0.1, 0.15) is 11.5 Å². The monoisotopic (exact) mass is 511 g/mol. The first-order valence-electron chi connectivity index (χ1n) is 11.3. The number of hydrogen-bond donors (Lipinski definition) is 2. The fourth-order valence-electron chi connectivity index (χ4n) is 4.90. The Balaban J connectivity index is 1.75. The first-order chi connectivity index (χ1) is 17.0. The minimum Gasteiger partial charge on any atom is -0.504 e. The molecule has 2 heterocycles.